The largest absolute Gasteiger partial charge is 0.479 e. The van der Waals surface area contributed by atoms with Crippen LogP contribution in [0.2, 0.25) is 0 Å². The lowest BCUT2D eigenvalue weighted by Gasteiger charge is -2.12. The van der Waals surface area contributed by atoms with Crippen molar-refractivity contribution >= 4 is 22.0 Å². The molecule has 0 aromatic carbocycles. The summed E-state index contributed by atoms with van der Waals surface area (Å²) < 4.78 is 23.7. The van der Waals surface area contributed by atoms with Gasteiger partial charge in [0.25, 0.3) is 0 Å². The van der Waals surface area contributed by atoms with E-state index in [4.69, 9.17) is 10.2 Å². The third-order valence-corrected chi connectivity index (χ3v) is 4.02. The number of carboxylic acids is 1. The van der Waals surface area contributed by atoms with Gasteiger partial charge in [-0.25, -0.2) is 22.3 Å². The van der Waals surface area contributed by atoms with Crippen LogP contribution in [0.1, 0.15) is 6.42 Å². The number of carboxylic acid groups (broad SMARTS) is 1. The molecule has 19 heavy (non-hydrogen) atoms. The van der Waals surface area contributed by atoms with Crippen LogP contribution in [0.3, 0.4) is 0 Å². The minimum Gasteiger partial charge on any atom is -0.479 e. The van der Waals surface area contributed by atoms with Gasteiger partial charge < -0.3 is 20.8 Å². The van der Waals surface area contributed by atoms with Crippen molar-refractivity contribution in [3.63, 3.8) is 0 Å². The van der Waals surface area contributed by atoms with Crippen molar-refractivity contribution in [2.45, 2.75) is 12.5 Å². The first kappa shape index (κ1) is 17.6. The standard InChI is InChI=1S/C9H19N3O6S/c1-12(2)19(17,18)6-5-11-9(16)10-4-3-7(13)8(14)15/h7,13H,3-6H2,1-2H3,(H,14,15)(H2,10,11,16). The van der Waals surface area contributed by atoms with Crippen molar-refractivity contribution in [3.8, 4) is 0 Å². The summed E-state index contributed by atoms with van der Waals surface area (Å²) in [5.74, 6) is -1.59. The number of nitrogens with zero attached hydrogens (tertiary/aromatic N) is 1. The summed E-state index contributed by atoms with van der Waals surface area (Å²) in [5, 5.41) is 21.9. The van der Waals surface area contributed by atoms with Crippen LogP contribution in [0, 0.1) is 0 Å². The molecule has 0 fully saturated rings. The summed E-state index contributed by atoms with van der Waals surface area (Å²) >= 11 is 0. The van der Waals surface area contributed by atoms with Crippen LogP contribution in [0.5, 0.6) is 0 Å². The molecule has 0 rings (SSSR count). The van der Waals surface area contributed by atoms with Crippen molar-refractivity contribution in [2.75, 3.05) is 32.9 Å². The fourth-order valence-electron chi connectivity index (χ4n) is 0.985. The van der Waals surface area contributed by atoms with Crippen LogP contribution in [-0.2, 0) is 14.8 Å². The normalized spacial score (nSPS) is 13.1. The number of carbonyl (C=O) groups is 2. The zero-order chi connectivity index (χ0) is 15.1. The highest BCUT2D eigenvalue weighted by atomic mass is 32.2. The van der Waals surface area contributed by atoms with Gasteiger partial charge in [0.2, 0.25) is 10.0 Å². The van der Waals surface area contributed by atoms with Crippen LogP contribution >= 0.6 is 0 Å². The third kappa shape index (κ3) is 7.59. The highest BCUT2D eigenvalue weighted by Gasteiger charge is 2.14. The van der Waals surface area contributed by atoms with E-state index in [0.29, 0.717) is 0 Å². The average Bonchev–Trinajstić information content (AvgIpc) is 2.28. The second kappa shape index (κ2) is 7.92. The number of aliphatic hydroxyl groups is 1. The maximum absolute atomic E-state index is 11.3. The average molecular weight is 297 g/mol. The Morgan fingerprint density at radius 2 is 1.74 bits per heavy atom. The summed E-state index contributed by atoms with van der Waals surface area (Å²) in [4.78, 5) is 21.5. The molecule has 0 aliphatic rings. The number of aliphatic carboxylic acids is 1. The fraction of sp³-hybridized carbons (Fsp3) is 0.778. The summed E-state index contributed by atoms with van der Waals surface area (Å²) in [7, 11) is -0.583. The van der Waals surface area contributed by atoms with Gasteiger partial charge in [0.1, 0.15) is 0 Å². The van der Waals surface area contributed by atoms with Gasteiger partial charge in [0.15, 0.2) is 6.10 Å². The maximum Gasteiger partial charge on any atom is 0.332 e. The number of carbonyl (C=O) groups excluding carboxylic acids is 1. The van der Waals surface area contributed by atoms with Gasteiger partial charge in [-0.1, -0.05) is 0 Å². The Bertz CT molecular complexity index is 408. The van der Waals surface area contributed by atoms with Crippen molar-refractivity contribution in [1.82, 2.24) is 14.9 Å². The molecular weight excluding hydrogens is 278 g/mol. The summed E-state index contributed by atoms with van der Waals surface area (Å²) in [6, 6.07) is -0.619. The Balaban J connectivity index is 3.81. The molecule has 0 aromatic rings. The number of hydrogen-bond acceptors (Lipinski definition) is 5. The quantitative estimate of drug-likeness (QED) is 0.409. The van der Waals surface area contributed by atoms with E-state index in [1.807, 2.05) is 0 Å². The fourth-order valence-corrected chi connectivity index (χ4v) is 1.71. The zero-order valence-corrected chi connectivity index (χ0v) is 11.6. The van der Waals surface area contributed by atoms with Gasteiger partial charge in [-0.15, -0.1) is 0 Å². The van der Waals surface area contributed by atoms with Crippen molar-refractivity contribution in [1.29, 1.82) is 0 Å². The lowest BCUT2D eigenvalue weighted by Crippen LogP contribution is -2.40. The molecule has 112 valence electrons. The third-order valence-electron chi connectivity index (χ3n) is 2.19. The molecule has 0 spiro atoms. The van der Waals surface area contributed by atoms with Gasteiger partial charge in [0, 0.05) is 33.6 Å². The van der Waals surface area contributed by atoms with E-state index < -0.39 is 28.1 Å². The monoisotopic (exact) mass is 297 g/mol. The van der Waals surface area contributed by atoms with Crippen LogP contribution in [0.4, 0.5) is 4.79 Å². The number of nitrogens with one attached hydrogen (secondary N) is 2. The predicted octanol–water partition coefficient (Wildman–Crippen LogP) is -1.99. The van der Waals surface area contributed by atoms with Crippen molar-refractivity contribution < 1.29 is 28.2 Å². The van der Waals surface area contributed by atoms with E-state index in [1.165, 1.54) is 14.1 Å². The Morgan fingerprint density at radius 3 is 2.21 bits per heavy atom. The molecule has 0 bridgehead atoms. The van der Waals surface area contributed by atoms with Crippen molar-refractivity contribution in [3.05, 3.63) is 0 Å². The number of amides is 2. The molecule has 4 N–H and O–H groups in total. The highest BCUT2D eigenvalue weighted by Crippen LogP contribution is 1.92. The van der Waals surface area contributed by atoms with E-state index in [2.05, 4.69) is 10.6 Å². The molecule has 1 atom stereocenters. The molecule has 0 saturated heterocycles. The molecule has 0 aromatic heterocycles. The molecule has 0 heterocycles. The molecule has 0 aliphatic carbocycles. The smallest absolute Gasteiger partial charge is 0.332 e. The summed E-state index contributed by atoms with van der Waals surface area (Å²) in [6.45, 7) is -0.0897. The zero-order valence-electron chi connectivity index (χ0n) is 10.8. The van der Waals surface area contributed by atoms with Gasteiger partial charge in [-0.05, 0) is 0 Å². The molecule has 9 nitrogen and oxygen atoms in total. The molecule has 0 saturated carbocycles. The number of urea groups is 1. The summed E-state index contributed by atoms with van der Waals surface area (Å²) in [6.07, 6.45) is -1.66. The van der Waals surface area contributed by atoms with E-state index in [-0.39, 0.29) is 25.3 Å². The Kier molecular flexibility index (Phi) is 7.34. The van der Waals surface area contributed by atoms with Gasteiger partial charge in [-0.2, -0.15) is 0 Å². The maximum atomic E-state index is 11.3. The Morgan fingerprint density at radius 1 is 1.21 bits per heavy atom. The Hall–Kier alpha value is -1.39. The van der Waals surface area contributed by atoms with Crippen LogP contribution < -0.4 is 10.6 Å². The van der Waals surface area contributed by atoms with Gasteiger partial charge in [-0.3, -0.25) is 0 Å². The minimum absolute atomic E-state index is 0.0280. The molecule has 0 aliphatic heterocycles. The van der Waals surface area contributed by atoms with Gasteiger partial charge in [0.05, 0.1) is 5.75 Å². The molecule has 1 unspecified atom stereocenters. The highest BCUT2D eigenvalue weighted by molar-refractivity contribution is 7.89. The van der Waals surface area contributed by atoms with Crippen LogP contribution in [0.25, 0.3) is 0 Å². The second-order valence-corrected chi connectivity index (χ2v) is 6.23. The number of hydrogen-bond donors (Lipinski definition) is 4. The van der Waals surface area contributed by atoms with E-state index >= 15 is 0 Å². The van der Waals surface area contributed by atoms with Crippen LogP contribution in [-0.4, -0.2) is 74.0 Å². The molecular formula is C9H19N3O6S. The Labute approximate surface area is 111 Å². The van der Waals surface area contributed by atoms with E-state index in [9.17, 15) is 18.0 Å². The SMILES string of the molecule is CN(C)S(=O)(=O)CCNC(=O)NCCC(O)C(=O)O. The molecule has 2 amide bonds. The number of sulfonamides is 1. The molecule has 0 radical (unpaired) electrons. The number of rotatable bonds is 8. The first-order chi connectivity index (χ1) is 8.66. The predicted molar refractivity (Wildman–Crippen MR) is 67.1 cm³/mol. The minimum atomic E-state index is -3.37. The topological polar surface area (TPSA) is 136 Å². The van der Waals surface area contributed by atoms with Crippen LogP contribution in [0.15, 0.2) is 0 Å². The first-order valence-corrected chi connectivity index (χ1v) is 7.10. The number of aliphatic hydroxyl groups excluding tert-OH is 1. The lowest BCUT2D eigenvalue weighted by molar-refractivity contribution is -0.146. The first-order valence-electron chi connectivity index (χ1n) is 5.49. The van der Waals surface area contributed by atoms with Crippen molar-refractivity contribution in [2.24, 2.45) is 0 Å². The van der Waals surface area contributed by atoms with Gasteiger partial charge >= 0.3 is 12.0 Å². The summed E-state index contributed by atoms with van der Waals surface area (Å²) in [5.41, 5.74) is 0. The van der Waals surface area contributed by atoms with E-state index in [0.717, 1.165) is 4.31 Å². The lowest BCUT2D eigenvalue weighted by atomic mass is 10.2. The molecule has 10 heteroatoms. The van der Waals surface area contributed by atoms with E-state index in [1.54, 1.807) is 0 Å². The second-order valence-electron chi connectivity index (χ2n) is 3.92.